The van der Waals surface area contributed by atoms with E-state index in [-0.39, 0.29) is 5.92 Å². The maximum atomic E-state index is 11.9. The third-order valence-corrected chi connectivity index (χ3v) is 6.23. The van der Waals surface area contributed by atoms with Gasteiger partial charge in [0.15, 0.2) is 0 Å². The van der Waals surface area contributed by atoms with Crippen molar-refractivity contribution in [1.82, 2.24) is 0 Å². The molecule has 4 N–H and O–H groups in total. The molecule has 0 saturated heterocycles. The van der Waals surface area contributed by atoms with E-state index in [1.54, 1.807) is 24.3 Å². The number of rotatable bonds is 11. The first kappa shape index (κ1) is 28.6. The Kier molecular flexibility index (Phi) is 9.92. The number of carboxylic acid groups (broad SMARTS) is 2. The van der Waals surface area contributed by atoms with Gasteiger partial charge in [0.2, 0.25) is 11.8 Å². The molecule has 0 aliphatic rings. The Morgan fingerprint density at radius 2 is 0.949 bits per heavy atom. The molecule has 0 saturated carbocycles. The maximum Gasteiger partial charge on any atom is 0.328 e. The molecule has 2 amide bonds. The van der Waals surface area contributed by atoms with Gasteiger partial charge in [-0.3, -0.25) is 9.59 Å². The van der Waals surface area contributed by atoms with Gasteiger partial charge in [-0.15, -0.1) is 0 Å². The molecule has 0 spiro atoms. The van der Waals surface area contributed by atoms with E-state index < -0.39 is 23.8 Å². The molecule has 0 heterocycles. The summed E-state index contributed by atoms with van der Waals surface area (Å²) in [6.07, 6.45) is 4.49. The molecule has 8 heteroatoms. The monoisotopic (exact) mass is 526 g/mol. The number of carbonyl (C=O) groups is 4. The first-order valence-electron chi connectivity index (χ1n) is 12.4. The molecule has 0 radical (unpaired) electrons. The zero-order valence-corrected chi connectivity index (χ0v) is 21.6. The van der Waals surface area contributed by atoms with Gasteiger partial charge >= 0.3 is 11.9 Å². The second kappa shape index (κ2) is 13.5. The van der Waals surface area contributed by atoms with Gasteiger partial charge in [-0.05, 0) is 58.9 Å². The fourth-order valence-corrected chi connectivity index (χ4v) is 4.01. The minimum atomic E-state index is -1.20. The van der Waals surface area contributed by atoms with Crippen molar-refractivity contribution >= 4 is 35.1 Å². The summed E-state index contributed by atoms with van der Waals surface area (Å²) >= 11 is 0. The number of anilines is 2. The first-order chi connectivity index (χ1) is 18.7. The number of carbonyl (C=O) groups excluding carboxylic acids is 2. The number of carboxylic acids is 2. The lowest BCUT2D eigenvalue weighted by molar-refractivity contribution is -0.132. The largest absolute Gasteiger partial charge is 0.478 e. The molecule has 0 fully saturated rings. The fourth-order valence-electron chi connectivity index (χ4n) is 4.01. The summed E-state index contributed by atoms with van der Waals surface area (Å²) in [5.74, 6) is -3.20. The zero-order valence-electron chi connectivity index (χ0n) is 21.6. The van der Waals surface area contributed by atoms with Gasteiger partial charge in [0.05, 0.1) is 0 Å². The standard InChI is InChI=1S/C31H30N2O6/c1-3-20(2)21-4-6-22(7-5-21)31(23-8-12-25(13-9-23)32-27(34)16-18-29(36)37)24-10-14-26(15-11-24)33-28(35)17-19-30(38)39/h4-20,31H,3H2,1-2H3,(H,32,34)(H,33,35)(H,36,37)(H,38,39)/b18-16+,19-17+. The van der Waals surface area contributed by atoms with Crippen LogP contribution in [0.5, 0.6) is 0 Å². The Hall–Kier alpha value is -4.98. The van der Waals surface area contributed by atoms with Crippen molar-refractivity contribution in [2.45, 2.75) is 32.1 Å². The second-order valence-electron chi connectivity index (χ2n) is 8.97. The van der Waals surface area contributed by atoms with Crippen LogP contribution in [0.1, 0.15) is 54.4 Å². The van der Waals surface area contributed by atoms with Crippen molar-refractivity contribution in [2.24, 2.45) is 0 Å². The molecule has 3 rings (SSSR count). The van der Waals surface area contributed by atoms with E-state index in [1.165, 1.54) is 5.56 Å². The average Bonchev–Trinajstić information content (AvgIpc) is 2.92. The van der Waals surface area contributed by atoms with Crippen LogP contribution >= 0.6 is 0 Å². The lowest BCUT2D eigenvalue weighted by Crippen LogP contribution is -2.10. The minimum Gasteiger partial charge on any atom is -0.478 e. The highest BCUT2D eigenvalue weighted by Gasteiger charge is 2.18. The number of benzene rings is 3. The van der Waals surface area contributed by atoms with Crippen LogP contribution in [0, 0.1) is 0 Å². The fraction of sp³-hybridized carbons (Fsp3) is 0.161. The van der Waals surface area contributed by atoms with Gasteiger partial charge in [-0.2, -0.15) is 0 Å². The summed E-state index contributed by atoms with van der Waals surface area (Å²) in [6, 6.07) is 23.1. The molecule has 200 valence electrons. The van der Waals surface area contributed by atoms with Crippen LogP contribution in [0.4, 0.5) is 11.4 Å². The van der Waals surface area contributed by atoms with Gasteiger partial charge in [0, 0.05) is 41.6 Å². The third kappa shape index (κ3) is 8.53. The summed E-state index contributed by atoms with van der Waals surface area (Å²) in [5.41, 5.74) is 5.29. The summed E-state index contributed by atoms with van der Waals surface area (Å²) in [6.45, 7) is 4.33. The smallest absolute Gasteiger partial charge is 0.328 e. The number of aliphatic carboxylic acids is 2. The van der Waals surface area contributed by atoms with E-state index in [1.807, 2.05) is 24.3 Å². The zero-order chi connectivity index (χ0) is 28.4. The van der Waals surface area contributed by atoms with Crippen LogP contribution in [0.3, 0.4) is 0 Å². The quantitative estimate of drug-likeness (QED) is 0.192. The Balaban J connectivity index is 1.90. The van der Waals surface area contributed by atoms with Crippen LogP contribution in [0.2, 0.25) is 0 Å². The third-order valence-electron chi connectivity index (χ3n) is 6.23. The highest BCUT2D eigenvalue weighted by Crippen LogP contribution is 2.34. The molecule has 1 atom stereocenters. The second-order valence-corrected chi connectivity index (χ2v) is 8.97. The van der Waals surface area contributed by atoms with E-state index in [0.29, 0.717) is 17.3 Å². The average molecular weight is 527 g/mol. The lowest BCUT2D eigenvalue weighted by atomic mass is 9.84. The number of hydrogen-bond acceptors (Lipinski definition) is 4. The molecule has 3 aromatic rings. The van der Waals surface area contributed by atoms with Gasteiger partial charge in [-0.25, -0.2) is 9.59 Å². The predicted molar refractivity (Wildman–Crippen MR) is 150 cm³/mol. The number of nitrogens with one attached hydrogen (secondary N) is 2. The van der Waals surface area contributed by atoms with Crippen molar-refractivity contribution in [3.8, 4) is 0 Å². The molecule has 0 aliphatic heterocycles. The Labute approximate surface area is 226 Å². The normalized spacial score (nSPS) is 12.0. The highest BCUT2D eigenvalue weighted by molar-refractivity contribution is 6.03. The Bertz CT molecular complexity index is 1290. The topological polar surface area (TPSA) is 133 Å². The van der Waals surface area contributed by atoms with Crippen molar-refractivity contribution in [3.63, 3.8) is 0 Å². The molecule has 0 aliphatic carbocycles. The SMILES string of the molecule is CCC(C)c1ccc(C(c2ccc(NC(=O)/C=C/C(=O)O)cc2)c2ccc(NC(=O)/C=C/C(=O)O)cc2)cc1. The summed E-state index contributed by atoms with van der Waals surface area (Å²) in [5, 5.41) is 22.7. The van der Waals surface area contributed by atoms with E-state index >= 15 is 0 Å². The van der Waals surface area contributed by atoms with E-state index in [0.717, 1.165) is 47.4 Å². The van der Waals surface area contributed by atoms with Crippen LogP contribution in [0.25, 0.3) is 0 Å². The lowest BCUT2D eigenvalue weighted by Gasteiger charge is -2.21. The van der Waals surface area contributed by atoms with Crippen molar-refractivity contribution in [2.75, 3.05) is 10.6 Å². The van der Waals surface area contributed by atoms with E-state index in [2.05, 4.69) is 48.7 Å². The first-order valence-corrected chi connectivity index (χ1v) is 12.4. The predicted octanol–water partition coefficient (Wildman–Crippen LogP) is 5.54. The van der Waals surface area contributed by atoms with E-state index in [9.17, 15) is 19.2 Å². The highest BCUT2D eigenvalue weighted by atomic mass is 16.4. The molecule has 39 heavy (non-hydrogen) atoms. The van der Waals surface area contributed by atoms with Gasteiger partial charge in [0.25, 0.3) is 0 Å². The molecule has 8 nitrogen and oxygen atoms in total. The van der Waals surface area contributed by atoms with Gasteiger partial charge in [-0.1, -0.05) is 62.4 Å². The van der Waals surface area contributed by atoms with Gasteiger partial charge in [0.1, 0.15) is 0 Å². The van der Waals surface area contributed by atoms with Crippen molar-refractivity contribution in [1.29, 1.82) is 0 Å². The van der Waals surface area contributed by atoms with Crippen molar-refractivity contribution < 1.29 is 29.4 Å². The summed E-state index contributed by atoms with van der Waals surface area (Å²) < 4.78 is 0. The summed E-state index contributed by atoms with van der Waals surface area (Å²) in [7, 11) is 0. The van der Waals surface area contributed by atoms with Crippen LogP contribution < -0.4 is 10.6 Å². The molecule has 0 aromatic heterocycles. The van der Waals surface area contributed by atoms with Gasteiger partial charge < -0.3 is 20.8 Å². The van der Waals surface area contributed by atoms with Crippen LogP contribution in [-0.4, -0.2) is 34.0 Å². The van der Waals surface area contributed by atoms with E-state index in [4.69, 9.17) is 10.2 Å². The molecular formula is C31H30N2O6. The Morgan fingerprint density at radius 1 is 0.615 bits per heavy atom. The number of hydrogen-bond donors (Lipinski definition) is 4. The van der Waals surface area contributed by atoms with Crippen LogP contribution in [-0.2, 0) is 19.2 Å². The molecule has 1 unspecified atom stereocenters. The molecular weight excluding hydrogens is 496 g/mol. The molecule has 0 bridgehead atoms. The van der Waals surface area contributed by atoms with Crippen molar-refractivity contribution in [3.05, 3.63) is 119 Å². The van der Waals surface area contributed by atoms with Crippen LogP contribution in [0.15, 0.2) is 97.1 Å². The minimum absolute atomic E-state index is 0.149. The summed E-state index contributed by atoms with van der Waals surface area (Å²) in [4.78, 5) is 45.2. The number of amides is 2. The maximum absolute atomic E-state index is 11.9. The Morgan fingerprint density at radius 3 is 1.28 bits per heavy atom. The molecule has 3 aromatic carbocycles.